The third kappa shape index (κ3) is 2.94. The number of rotatable bonds is 3. The van der Waals surface area contributed by atoms with Crippen LogP contribution in [0.4, 0.5) is 9.52 Å². The van der Waals surface area contributed by atoms with Gasteiger partial charge in [-0.25, -0.2) is 9.37 Å². The Kier molecular flexibility index (Phi) is 4.40. The van der Waals surface area contributed by atoms with Crippen LogP contribution < -0.4 is 15.1 Å². The zero-order valence-electron chi connectivity index (χ0n) is 16.9. The molecule has 6 nitrogen and oxygen atoms in total. The SMILES string of the molecule is COc1ccc2c(=O)c3c(oc2c1)C(=O)N(c1nc(C)c(C)s1)C3c1ccc(F)cc1. The lowest BCUT2D eigenvalue weighted by atomic mass is 9.98. The number of benzene rings is 2. The van der Waals surface area contributed by atoms with E-state index < -0.39 is 17.8 Å². The molecule has 0 saturated carbocycles. The Morgan fingerprint density at radius 3 is 2.52 bits per heavy atom. The summed E-state index contributed by atoms with van der Waals surface area (Å²) >= 11 is 1.36. The monoisotopic (exact) mass is 436 g/mol. The van der Waals surface area contributed by atoms with Gasteiger partial charge in [0.2, 0.25) is 5.76 Å². The molecule has 0 radical (unpaired) electrons. The summed E-state index contributed by atoms with van der Waals surface area (Å²) in [6.07, 6.45) is 0. The minimum absolute atomic E-state index is 0.0365. The smallest absolute Gasteiger partial charge is 0.297 e. The van der Waals surface area contributed by atoms with Crippen molar-refractivity contribution in [1.82, 2.24) is 4.98 Å². The highest BCUT2D eigenvalue weighted by Gasteiger charge is 2.45. The zero-order chi connectivity index (χ0) is 21.9. The average Bonchev–Trinajstić information content (AvgIpc) is 3.24. The molecular weight excluding hydrogens is 419 g/mol. The molecular formula is C23H17FN2O4S. The molecule has 156 valence electrons. The van der Waals surface area contributed by atoms with Gasteiger partial charge in [0.15, 0.2) is 10.6 Å². The predicted molar refractivity (Wildman–Crippen MR) is 116 cm³/mol. The van der Waals surface area contributed by atoms with Crippen LogP contribution in [0.5, 0.6) is 5.75 Å². The van der Waals surface area contributed by atoms with Crippen LogP contribution in [0.3, 0.4) is 0 Å². The number of amides is 1. The predicted octanol–water partition coefficient (Wildman–Crippen LogP) is 4.76. The summed E-state index contributed by atoms with van der Waals surface area (Å²) < 4.78 is 24.7. The van der Waals surface area contributed by atoms with Crippen LogP contribution >= 0.6 is 11.3 Å². The maximum atomic E-state index is 13.6. The second-order valence-corrected chi connectivity index (χ2v) is 8.48. The van der Waals surface area contributed by atoms with Gasteiger partial charge in [-0.3, -0.25) is 14.5 Å². The van der Waals surface area contributed by atoms with E-state index >= 15 is 0 Å². The van der Waals surface area contributed by atoms with E-state index in [0.717, 1.165) is 10.6 Å². The van der Waals surface area contributed by atoms with Gasteiger partial charge in [-0.1, -0.05) is 12.1 Å². The summed E-state index contributed by atoms with van der Waals surface area (Å²) in [6, 6.07) is 9.85. The first-order valence-corrected chi connectivity index (χ1v) is 10.4. The Bertz CT molecular complexity index is 1390. The molecule has 31 heavy (non-hydrogen) atoms. The third-order valence-electron chi connectivity index (χ3n) is 5.49. The summed E-state index contributed by atoms with van der Waals surface area (Å²) in [5.74, 6) is -0.386. The maximum Gasteiger partial charge on any atom is 0.297 e. The van der Waals surface area contributed by atoms with E-state index in [-0.39, 0.29) is 22.3 Å². The molecule has 5 rings (SSSR count). The van der Waals surface area contributed by atoms with Crippen LogP contribution in [0.25, 0.3) is 11.0 Å². The molecule has 8 heteroatoms. The molecule has 0 bridgehead atoms. The number of nitrogens with zero attached hydrogens (tertiary/aromatic N) is 2. The quantitative estimate of drug-likeness (QED) is 0.463. The Labute approximate surface area is 180 Å². The van der Waals surface area contributed by atoms with Crippen molar-refractivity contribution in [3.05, 3.63) is 86.0 Å². The Balaban J connectivity index is 1.80. The van der Waals surface area contributed by atoms with Gasteiger partial charge in [0.1, 0.15) is 17.1 Å². The summed E-state index contributed by atoms with van der Waals surface area (Å²) in [7, 11) is 1.51. The summed E-state index contributed by atoms with van der Waals surface area (Å²) in [5, 5.41) is 0.801. The second-order valence-electron chi connectivity index (χ2n) is 7.30. The fourth-order valence-electron chi connectivity index (χ4n) is 3.79. The van der Waals surface area contributed by atoms with Crippen molar-refractivity contribution in [3.63, 3.8) is 0 Å². The van der Waals surface area contributed by atoms with Crippen LogP contribution in [0.2, 0.25) is 0 Å². The number of aromatic nitrogens is 1. The van der Waals surface area contributed by atoms with Crippen LogP contribution in [-0.4, -0.2) is 18.0 Å². The second kappa shape index (κ2) is 7.02. The largest absolute Gasteiger partial charge is 0.497 e. The van der Waals surface area contributed by atoms with Gasteiger partial charge in [-0.15, -0.1) is 11.3 Å². The highest BCUT2D eigenvalue weighted by Crippen LogP contribution is 2.43. The van der Waals surface area contributed by atoms with E-state index in [0.29, 0.717) is 21.8 Å². The molecule has 0 aliphatic carbocycles. The number of hydrogen-bond acceptors (Lipinski definition) is 6. The fraction of sp³-hybridized carbons (Fsp3) is 0.174. The van der Waals surface area contributed by atoms with E-state index in [1.54, 1.807) is 30.3 Å². The van der Waals surface area contributed by atoms with Gasteiger partial charge in [0, 0.05) is 10.9 Å². The fourth-order valence-corrected chi connectivity index (χ4v) is 4.73. The molecule has 1 atom stereocenters. The maximum absolute atomic E-state index is 13.6. The number of carbonyl (C=O) groups excluding carboxylic acids is 1. The highest BCUT2D eigenvalue weighted by atomic mass is 32.1. The lowest BCUT2D eigenvalue weighted by Crippen LogP contribution is -2.29. The molecule has 0 fully saturated rings. The first kappa shape index (κ1) is 19.4. The number of fused-ring (bicyclic) bond motifs is 2. The molecule has 0 N–H and O–H groups in total. The standard InChI is InChI=1S/C23H17FN2O4S/c1-11-12(2)31-23(25-11)26-19(13-4-6-14(24)7-5-13)18-20(27)16-9-8-15(29-3)10-17(16)30-21(18)22(26)28/h4-10,19H,1-3H3. The van der Waals surface area contributed by atoms with Crippen molar-refractivity contribution < 1.29 is 18.3 Å². The lowest BCUT2D eigenvalue weighted by molar-refractivity contribution is 0.0971. The Morgan fingerprint density at radius 2 is 1.87 bits per heavy atom. The molecule has 0 spiro atoms. The topological polar surface area (TPSA) is 72.6 Å². The van der Waals surface area contributed by atoms with Crippen molar-refractivity contribution in [2.45, 2.75) is 19.9 Å². The minimum atomic E-state index is -0.768. The number of ether oxygens (including phenoxy) is 1. The number of halogens is 1. The summed E-state index contributed by atoms with van der Waals surface area (Å²) in [6.45, 7) is 3.78. The first-order chi connectivity index (χ1) is 14.9. The molecule has 0 saturated heterocycles. The highest BCUT2D eigenvalue weighted by molar-refractivity contribution is 7.15. The van der Waals surface area contributed by atoms with Gasteiger partial charge in [-0.2, -0.15) is 0 Å². The van der Waals surface area contributed by atoms with Gasteiger partial charge in [0.05, 0.1) is 29.8 Å². The van der Waals surface area contributed by atoms with Crippen molar-refractivity contribution >= 4 is 33.3 Å². The van der Waals surface area contributed by atoms with Crippen molar-refractivity contribution in [3.8, 4) is 5.75 Å². The van der Waals surface area contributed by atoms with Crippen molar-refractivity contribution in [2.24, 2.45) is 0 Å². The average molecular weight is 436 g/mol. The first-order valence-electron chi connectivity index (χ1n) is 9.57. The van der Waals surface area contributed by atoms with Gasteiger partial charge < -0.3 is 9.15 Å². The number of carbonyl (C=O) groups is 1. The molecule has 2 aromatic heterocycles. The molecule has 4 aromatic rings. The lowest BCUT2D eigenvalue weighted by Gasteiger charge is -2.22. The molecule has 3 heterocycles. The van der Waals surface area contributed by atoms with Crippen LogP contribution in [0.1, 0.15) is 38.3 Å². The van der Waals surface area contributed by atoms with Gasteiger partial charge in [0.25, 0.3) is 5.91 Å². The summed E-state index contributed by atoms with van der Waals surface area (Å²) in [5.41, 5.74) is 1.58. The molecule has 1 amide bonds. The van der Waals surface area contributed by atoms with E-state index in [9.17, 15) is 14.0 Å². The van der Waals surface area contributed by atoms with Crippen LogP contribution in [-0.2, 0) is 0 Å². The van der Waals surface area contributed by atoms with Gasteiger partial charge >= 0.3 is 0 Å². The number of thiazole rings is 1. The van der Waals surface area contributed by atoms with Crippen LogP contribution in [0.15, 0.2) is 51.7 Å². The van der Waals surface area contributed by atoms with E-state index in [4.69, 9.17) is 9.15 Å². The van der Waals surface area contributed by atoms with E-state index in [1.165, 1.54) is 35.5 Å². The number of anilines is 1. The minimum Gasteiger partial charge on any atom is -0.497 e. The number of methoxy groups -OCH3 is 1. The van der Waals surface area contributed by atoms with E-state index in [1.807, 2.05) is 13.8 Å². The van der Waals surface area contributed by atoms with Crippen molar-refractivity contribution in [2.75, 3.05) is 12.0 Å². The molecule has 1 aliphatic rings. The normalized spacial score (nSPS) is 15.5. The third-order valence-corrected chi connectivity index (χ3v) is 6.56. The summed E-state index contributed by atoms with van der Waals surface area (Å²) in [4.78, 5) is 33.9. The Hall–Kier alpha value is -3.52. The van der Waals surface area contributed by atoms with Crippen LogP contribution in [0, 0.1) is 19.7 Å². The van der Waals surface area contributed by atoms with E-state index in [2.05, 4.69) is 4.98 Å². The Morgan fingerprint density at radius 1 is 1.13 bits per heavy atom. The van der Waals surface area contributed by atoms with Gasteiger partial charge in [-0.05, 0) is 43.7 Å². The molecule has 2 aromatic carbocycles. The number of aryl methyl sites for hydroxylation is 2. The molecule has 1 aliphatic heterocycles. The zero-order valence-corrected chi connectivity index (χ0v) is 17.7. The molecule has 1 unspecified atom stereocenters. The number of hydrogen-bond donors (Lipinski definition) is 0. The van der Waals surface area contributed by atoms with Crippen molar-refractivity contribution in [1.29, 1.82) is 0 Å².